The Bertz CT molecular complexity index is 1220. The number of pyridine rings is 1. The third-order valence-electron chi connectivity index (χ3n) is 5.11. The summed E-state index contributed by atoms with van der Waals surface area (Å²) in [5.41, 5.74) is 1.57. The second-order valence-corrected chi connectivity index (χ2v) is 7.45. The van der Waals surface area contributed by atoms with Gasteiger partial charge in [0.05, 0.1) is 0 Å². The van der Waals surface area contributed by atoms with Crippen LogP contribution < -0.4 is 5.32 Å². The maximum atomic E-state index is 14.0. The molecule has 164 valence electrons. The molecule has 4 rings (SSSR count). The molecule has 3 heterocycles. The van der Waals surface area contributed by atoms with Gasteiger partial charge in [-0.3, -0.25) is 14.5 Å². The molecule has 1 aliphatic heterocycles. The SMILES string of the molecule is Cc1ccc(C(=O)Nc2cc3n(n2)CCCC3(F)F)cc1C#Cc1ccc(C(F)F)nc1. The van der Waals surface area contributed by atoms with Crippen molar-refractivity contribution in [3.05, 3.63) is 76.2 Å². The van der Waals surface area contributed by atoms with Crippen molar-refractivity contribution in [1.29, 1.82) is 0 Å². The smallest absolute Gasteiger partial charge is 0.289 e. The number of carbonyl (C=O) groups is 1. The number of nitrogens with one attached hydrogen (secondary N) is 1. The van der Waals surface area contributed by atoms with Crippen LogP contribution in [0.3, 0.4) is 0 Å². The van der Waals surface area contributed by atoms with E-state index in [0.717, 1.165) is 5.56 Å². The zero-order chi connectivity index (χ0) is 22.9. The normalized spacial score (nSPS) is 14.4. The van der Waals surface area contributed by atoms with Crippen molar-refractivity contribution < 1.29 is 22.4 Å². The summed E-state index contributed by atoms with van der Waals surface area (Å²) in [6.45, 7) is 2.19. The van der Waals surface area contributed by atoms with Crippen LogP contribution in [0.15, 0.2) is 42.6 Å². The summed E-state index contributed by atoms with van der Waals surface area (Å²) in [5, 5.41) is 6.62. The van der Waals surface area contributed by atoms with Gasteiger partial charge in [0.25, 0.3) is 18.3 Å². The second kappa shape index (κ2) is 8.46. The van der Waals surface area contributed by atoms with E-state index in [1.807, 2.05) is 6.92 Å². The topological polar surface area (TPSA) is 59.8 Å². The third kappa shape index (κ3) is 4.49. The van der Waals surface area contributed by atoms with E-state index in [-0.39, 0.29) is 29.2 Å². The van der Waals surface area contributed by atoms with Gasteiger partial charge in [0, 0.05) is 41.9 Å². The minimum absolute atomic E-state index is 0.0602. The lowest BCUT2D eigenvalue weighted by Crippen LogP contribution is -2.25. The molecule has 0 atom stereocenters. The van der Waals surface area contributed by atoms with Crippen LogP contribution in [0.4, 0.5) is 23.4 Å². The van der Waals surface area contributed by atoms with Gasteiger partial charge in [-0.1, -0.05) is 17.9 Å². The Balaban J connectivity index is 1.53. The first kappa shape index (κ1) is 21.6. The molecular formula is C23H18F4N4O. The van der Waals surface area contributed by atoms with Crippen LogP contribution in [0, 0.1) is 18.8 Å². The summed E-state index contributed by atoms with van der Waals surface area (Å²) < 4.78 is 54.5. The predicted molar refractivity (Wildman–Crippen MR) is 110 cm³/mol. The number of carbonyl (C=O) groups excluding carboxylic acids is 1. The number of rotatable bonds is 3. The number of hydrogen-bond acceptors (Lipinski definition) is 3. The van der Waals surface area contributed by atoms with E-state index in [4.69, 9.17) is 0 Å². The molecular weight excluding hydrogens is 424 g/mol. The van der Waals surface area contributed by atoms with Crippen molar-refractivity contribution in [2.45, 2.75) is 38.7 Å². The molecule has 32 heavy (non-hydrogen) atoms. The van der Waals surface area contributed by atoms with Crippen molar-refractivity contribution in [3.63, 3.8) is 0 Å². The Morgan fingerprint density at radius 3 is 2.69 bits per heavy atom. The third-order valence-corrected chi connectivity index (χ3v) is 5.11. The fourth-order valence-corrected chi connectivity index (χ4v) is 3.36. The minimum atomic E-state index is -2.97. The van der Waals surface area contributed by atoms with Gasteiger partial charge in [-0.25, -0.2) is 8.78 Å². The Kier molecular flexibility index (Phi) is 5.70. The van der Waals surface area contributed by atoms with Crippen LogP contribution >= 0.6 is 0 Å². The predicted octanol–water partition coefficient (Wildman–Crippen LogP) is 5.06. The molecule has 9 heteroatoms. The molecule has 0 radical (unpaired) electrons. The summed E-state index contributed by atoms with van der Waals surface area (Å²) in [6, 6.07) is 8.73. The largest absolute Gasteiger partial charge is 0.305 e. The quantitative estimate of drug-likeness (QED) is 0.456. The fraction of sp³-hybridized carbons (Fsp3) is 0.261. The Labute approximate surface area is 181 Å². The molecule has 1 N–H and O–H groups in total. The lowest BCUT2D eigenvalue weighted by molar-refractivity contribution is -0.0364. The fourth-order valence-electron chi connectivity index (χ4n) is 3.36. The van der Waals surface area contributed by atoms with E-state index in [1.165, 1.54) is 29.1 Å². The first-order valence-corrected chi connectivity index (χ1v) is 9.87. The van der Waals surface area contributed by atoms with Gasteiger partial charge < -0.3 is 5.32 Å². The number of hydrogen-bond donors (Lipinski definition) is 1. The molecule has 0 fully saturated rings. The lowest BCUT2D eigenvalue weighted by Gasteiger charge is -2.22. The molecule has 0 saturated carbocycles. The van der Waals surface area contributed by atoms with E-state index < -0.39 is 18.3 Å². The number of nitrogens with zero attached hydrogens (tertiary/aromatic N) is 3. The zero-order valence-corrected chi connectivity index (χ0v) is 17.0. The van der Waals surface area contributed by atoms with Crippen molar-refractivity contribution in [2.24, 2.45) is 0 Å². The van der Waals surface area contributed by atoms with Gasteiger partial charge in [-0.2, -0.15) is 13.9 Å². The van der Waals surface area contributed by atoms with E-state index in [9.17, 15) is 22.4 Å². The number of halogens is 4. The van der Waals surface area contributed by atoms with E-state index >= 15 is 0 Å². The highest BCUT2D eigenvalue weighted by molar-refractivity contribution is 6.04. The molecule has 0 spiro atoms. The summed E-state index contributed by atoms with van der Waals surface area (Å²) in [6.07, 6.45) is -1.32. The van der Waals surface area contributed by atoms with Crippen LogP contribution in [-0.4, -0.2) is 20.7 Å². The van der Waals surface area contributed by atoms with Crippen LogP contribution in [0.5, 0.6) is 0 Å². The molecule has 0 aliphatic carbocycles. The highest BCUT2D eigenvalue weighted by atomic mass is 19.3. The first-order chi connectivity index (χ1) is 15.2. The number of aromatic nitrogens is 3. The lowest BCUT2D eigenvalue weighted by atomic mass is 10.0. The average Bonchev–Trinajstić information content (AvgIpc) is 3.17. The second-order valence-electron chi connectivity index (χ2n) is 7.45. The van der Waals surface area contributed by atoms with Crippen LogP contribution in [-0.2, 0) is 12.5 Å². The maximum Gasteiger partial charge on any atom is 0.289 e. The van der Waals surface area contributed by atoms with Crippen molar-refractivity contribution in [3.8, 4) is 11.8 Å². The van der Waals surface area contributed by atoms with Gasteiger partial charge >= 0.3 is 0 Å². The number of fused-ring (bicyclic) bond motifs is 1. The number of anilines is 1. The summed E-state index contributed by atoms with van der Waals surface area (Å²) in [5.74, 6) is 2.34. The number of aryl methyl sites for hydroxylation is 2. The van der Waals surface area contributed by atoms with E-state index in [1.54, 1.807) is 18.2 Å². The van der Waals surface area contributed by atoms with Crippen LogP contribution in [0.1, 0.15) is 57.7 Å². The summed E-state index contributed by atoms with van der Waals surface area (Å²) in [4.78, 5) is 16.3. The molecule has 3 aromatic rings. The minimum Gasteiger partial charge on any atom is -0.305 e. The Morgan fingerprint density at radius 2 is 2.00 bits per heavy atom. The Morgan fingerprint density at radius 1 is 1.19 bits per heavy atom. The molecule has 1 aromatic carbocycles. The molecule has 5 nitrogen and oxygen atoms in total. The van der Waals surface area contributed by atoms with Gasteiger partial charge in [-0.15, -0.1) is 0 Å². The first-order valence-electron chi connectivity index (χ1n) is 9.87. The van der Waals surface area contributed by atoms with Crippen molar-refractivity contribution in [1.82, 2.24) is 14.8 Å². The van der Waals surface area contributed by atoms with Gasteiger partial charge in [0.1, 0.15) is 11.4 Å². The molecule has 0 unspecified atom stereocenters. The maximum absolute atomic E-state index is 14.0. The monoisotopic (exact) mass is 442 g/mol. The number of amides is 1. The molecule has 0 saturated heterocycles. The van der Waals surface area contributed by atoms with E-state index in [2.05, 4.69) is 27.2 Å². The number of benzene rings is 1. The Hall–Kier alpha value is -3.67. The molecule has 1 aliphatic rings. The van der Waals surface area contributed by atoms with Crippen LogP contribution in [0.2, 0.25) is 0 Å². The van der Waals surface area contributed by atoms with Crippen molar-refractivity contribution in [2.75, 3.05) is 5.32 Å². The average molecular weight is 442 g/mol. The summed E-state index contributed by atoms with van der Waals surface area (Å²) in [7, 11) is 0. The van der Waals surface area contributed by atoms with E-state index in [0.29, 0.717) is 24.1 Å². The van der Waals surface area contributed by atoms with Gasteiger partial charge in [0.15, 0.2) is 5.82 Å². The van der Waals surface area contributed by atoms with Gasteiger partial charge in [0.2, 0.25) is 0 Å². The van der Waals surface area contributed by atoms with Gasteiger partial charge in [-0.05, 0) is 43.2 Å². The standard InChI is InChI=1S/C23H18F4N4O/c1-14-3-6-17(11-16(14)7-4-15-5-8-18(21(24)25)28-13-15)22(32)29-20-12-19-23(26,27)9-2-10-31(19)30-20/h3,5-6,8,11-13,21H,2,9-10H2,1H3,(H,29,30,32). The molecule has 2 aromatic heterocycles. The number of alkyl halides is 4. The zero-order valence-electron chi connectivity index (χ0n) is 17.0. The highest BCUT2D eigenvalue weighted by Gasteiger charge is 2.38. The van der Waals surface area contributed by atoms with Crippen LogP contribution in [0.25, 0.3) is 0 Å². The molecule has 0 bridgehead atoms. The molecule has 1 amide bonds. The van der Waals surface area contributed by atoms with Crippen molar-refractivity contribution >= 4 is 11.7 Å². The summed E-state index contributed by atoms with van der Waals surface area (Å²) >= 11 is 0. The highest BCUT2D eigenvalue weighted by Crippen LogP contribution is 2.37.